The van der Waals surface area contributed by atoms with E-state index in [0.717, 1.165) is 22.0 Å². The number of amides is 1. The van der Waals surface area contributed by atoms with Crippen molar-refractivity contribution in [3.05, 3.63) is 76.2 Å². The molecule has 0 fully saturated rings. The lowest BCUT2D eigenvalue weighted by atomic mass is 10.0. The fourth-order valence-electron chi connectivity index (χ4n) is 3.09. The molecular formula is C21H22N2O3. The van der Waals surface area contributed by atoms with E-state index in [-0.39, 0.29) is 11.5 Å². The zero-order valence-electron chi connectivity index (χ0n) is 15.0. The predicted octanol–water partition coefficient (Wildman–Crippen LogP) is 2.68. The Morgan fingerprint density at radius 1 is 1.12 bits per heavy atom. The molecule has 0 saturated carbocycles. The number of carbonyl (C=O) groups excluding carboxylic acids is 1. The van der Waals surface area contributed by atoms with Crippen LogP contribution < -0.4 is 15.6 Å². The lowest BCUT2D eigenvalue weighted by molar-refractivity contribution is -0.120. The van der Waals surface area contributed by atoms with Crippen LogP contribution in [0.5, 0.6) is 5.75 Å². The van der Waals surface area contributed by atoms with Gasteiger partial charge >= 0.3 is 0 Å². The zero-order valence-corrected chi connectivity index (χ0v) is 15.0. The van der Waals surface area contributed by atoms with E-state index in [0.29, 0.717) is 25.3 Å². The highest BCUT2D eigenvalue weighted by Gasteiger charge is 2.08. The van der Waals surface area contributed by atoms with Crippen LogP contribution in [0.3, 0.4) is 0 Å². The van der Waals surface area contributed by atoms with Crippen LogP contribution in [0.2, 0.25) is 0 Å². The summed E-state index contributed by atoms with van der Waals surface area (Å²) in [6.07, 6.45) is 0.317. The molecule has 5 heteroatoms. The summed E-state index contributed by atoms with van der Waals surface area (Å²) in [5.74, 6) is 0.490. The number of hydrogen-bond donors (Lipinski definition) is 1. The summed E-state index contributed by atoms with van der Waals surface area (Å²) in [6.45, 7) is 2.68. The first-order valence-electron chi connectivity index (χ1n) is 8.57. The Labute approximate surface area is 152 Å². The Bertz CT molecular complexity index is 987. The molecule has 26 heavy (non-hydrogen) atoms. The maximum absolute atomic E-state index is 12.3. The summed E-state index contributed by atoms with van der Waals surface area (Å²) in [5.41, 5.74) is 1.67. The Morgan fingerprint density at radius 3 is 2.65 bits per heavy atom. The Hall–Kier alpha value is -3.08. The molecule has 2 aromatic carbocycles. The van der Waals surface area contributed by atoms with Crippen LogP contribution in [-0.4, -0.2) is 24.1 Å². The van der Waals surface area contributed by atoms with Gasteiger partial charge in [0.05, 0.1) is 13.5 Å². The summed E-state index contributed by atoms with van der Waals surface area (Å²) in [5, 5.41) is 5.11. The summed E-state index contributed by atoms with van der Waals surface area (Å²) in [6, 6.07) is 17.3. The average molecular weight is 350 g/mol. The van der Waals surface area contributed by atoms with Crippen molar-refractivity contribution in [3.63, 3.8) is 0 Å². The molecule has 1 heterocycles. The van der Waals surface area contributed by atoms with Gasteiger partial charge in [-0.1, -0.05) is 42.5 Å². The van der Waals surface area contributed by atoms with Crippen LogP contribution in [0.25, 0.3) is 10.8 Å². The highest BCUT2D eigenvalue weighted by molar-refractivity contribution is 5.90. The molecule has 1 amide bonds. The number of carbonyl (C=O) groups is 1. The molecule has 3 rings (SSSR count). The molecule has 5 nitrogen and oxygen atoms in total. The maximum Gasteiger partial charge on any atom is 0.254 e. The van der Waals surface area contributed by atoms with Crippen LogP contribution in [0, 0.1) is 6.92 Å². The first-order chi connectivity index (χ1) is 12.6. The van der Waals surface area contributed by atoms with E-state index in [4.69, 9.17) is 4.74 Å². The average Bonchev–Trinajstić information content (AvgIpc) is 2.64. The predicted molar refractivity (Wildman–Crippen MR) is 103 cm³/mol. The number of nitrogens with one attached hydrogen (secondary N) is 1. The highest BCUT2D eigenvalue weighted by Crippen LogP contribution is 2.18. The molecular weight excluding hydrogens is 328 g/mol. The third kappa shape index (κ3) is 3.94. The molecule has 0 spiro atoms. The number of benzene rings is 2. The number of aryl methyl sites for hydroxylation is 1. The summed E-state index contributed by atoms with van der Waals surface area (Å²) >= 11 is 0. The molecule has 134 valence electrons. The van der Waals surface area contributed by atoms with Crippen LogP contribution in [0.1, 0.15) is 11.3 Å². The number of pyridine rings is 1. The van der Waals surface area contributed by atoms with E-state index in [1.807, 2.05) is 49.4 Å². The second kappa shape index (κ2) is 7.87. The maximum atomic E-state index is 12.3. The van der Waals surface area contributed by atoms with Crippen LogP contribution >= 0.6 is 0 Å². The Balaban J connectivity index is 1.62. The van der Waals surface area contributed by atoms with Gasteiger partial charge in [-0.2, -0.15) is 0 Å². The zero-order chi connectivity index (χ0) is 18.5. The number of aromatic nitrogens is 1. The van der Waals surface area contributed by atoms with Crippen molar-refractivity contribution in [2.75, 3.05) is 13.7 Å². The minimum absolute atomic E-state index is 0.0550. The van der Waals surface area contributed by atoms with Gasteiger partial charge in [-0.25, -0.2) is 0 Å². The SMILES string of the molecule is COc1cc(C)n(CCNC(=O)Cc2cccc3ccccc23)c(=O)c1. The first kappa shape index (κ1) is 17.7. The molecule has 1 N–H and O–H groups in total. The monoisotopic (exact) mass is 350 g/mol. The van der Waals surface area contributed by atoms with E-state index in [9.17, 15) is 9.59 Å². The number of methoxy groups -OCH3 is 1. The standard InChI is InChI=1S/C21H22N2O3/c1-15-12-18(26-2)14-21(25)23(15)11-10-22-20(24)13-17-8-5-7-16-6-3-4-9-19(16)17/h3-9,12,14H,10-11,13H2,1-2H3,(H,22,24). The fraction of sp³-hybridized carbons (Fsp3) is 0.238. The van der Waals surface area contributed by atoms with Crippen LogP contribution in [0.15, 0.2) is 59.4 Å². The smallest absolute Gasteiger partial charge is 0.254 e. The molecule has 3 aromatic rings. The Kier molecular flexibility index (Phi) is 5.37. The minimum Gasteiger partial charge on any atom is -0.496 e. The number of ether oxygens (including phenoxy) is 1. The quantitative estimate of drug-likeness (QED) is 0.743. The van der Waals surface area contributed by atoms with Crippen LogP contribution in [0.4, 0.5) is 0 Å². The molecule has 0 aliphatic carbocycles. The normalized spacial score (nSPS) is 10.7. The number of hydrogen-bond acceptors (Lipinski definition) is 3. The summed E-state index contributed by atoms with van der Waals surface area (Å²) in [7, 11) is 1.53. The largest absolute Gasteiger partial charge is 0.496 e. The van der Waals surface area contributed by atoms with Crippen molar-refractivity contribution in [2.24, 2.45) is 0 Å². The lowest BCUT2D eigenvalue weighted by Gasteiger charge is -2.12. The van der Waals surface area contributed by atoms with Crippen molar-refractivity contribution in [2.45, 2.75) is 19.9 Å². The van der Waals surface area contributed by atoms with Gasteiger partial charge in [-0.3, -0.25) is 9.59 Å². The first-order valence-corrected chi connectivity index (χ1v) is 8.57. The Morgan fingerprint density at radius 2 is 1.88 bits per heavy atom. The molecule has 0 bridgehead atoms. The van der Waals surface area contributed by atoms with Crippen molar-refractivity contribution in [1.29, 1.82) is 0 Å². The van der Waals surface area contributed by atoms with Gasteiger partial charge < -0.3 is 14.6 Å². The third-order valence-corrected chi connectivity index (χ3v) is 4.43. The molecule has 0 unspecified atom stereocenters. The fourth-order valence-corrected chi connectivity index (χ4v) is 3.09. The van der Waals surface area contributed by atoms with E-state index in [1.165, 1.54) is 13.2 Å². The van der Waals surface area contributed by atoms with Gasteiger partial charge in [-0.15, -0.1) is 0 Å². The van der Waals surface area contributed by atoms with Crippen molar-refractivity contribution < 1.29 is 9.53 Å². The van der Waals surface area contributed by atoms with E-state index >= 15 is 0 Å². The highest BCUT2D eigenvalue weighted by atomic mass is 16.5. The van der Waals surface area contributed by atoms with E-state index < -0.39 is 0 Å². The third-order valence-electron chi connectivity index (χ3n) is 4.43. The minimum atomic E-state index is -0.134. The number of rotatable bonds is 6. The van der Waals surface area contributed by atoms with Gasteiger partial charge in [0.25, 0.3) is 5.56 Å². The van der Waals surface area contributed by atoms with E-state index in [2.05, 4.69) is 5.32 Å². The summed E-state index contributed by atoms with van der Waals surface area (Å²) in [4.78, 5) is 24.4. The van der Waals surface area contributed by atoms with Gasteiger partial charge in [0.15, 0.2) is 0 Å². The second-order valence-electron chi connectivity index (χ2n) is 6.19. The van der Waals surface area contributed by atoms with Gasteiger partial charge in [-0.05, 0) is 29.3 Å². The van der Waals surface area contributed by atoms with Gasteiger partial charge in [0, 0.05) is 24.8 Å². The van der Waals surface area contributed by atoms with Crippen molar-refractivity contribution >= 4 is 16.7 Å². The number of fused-ring (bicyclic) bond motifs is 1. The molecule has 1 aromatic heterocycles. The second-order valence-corrected chi connectivity index (χ2v) is 6.19. The van der Waals surface area contributed by atoms with Crippen molar-refractivity contribution in [1.82, 2.24) is 9.88 Å². The molecule has 0 aliphatic rings. The lowest BCUT2D eigenvalue weighted by Crippen LogP contribution is -2.32. The van der Waals surface area contributed by atoms with Gasteiger partial charge in [0.1, 0.15) is 5.75 Å². The van der Waals surface area contributed by atoms with Crippen molar-refractivity contribution in [3.8, 4) is 5.75 Å². The molecule has 0 radical (unpaired) electrons. The summed E-state index contributed by atoms with van der Waals surface area (Å²) < 4.78 is 6.72. The van der Waals surface area contributed by atoms with Crippen LogP contribution in [-0.2, 0) is 17.8 Å². The molecule has 0 aliphatic heterocycles. The van der Waals surface area contributed by atoms with Gasteiger partial charge in [0.2, 0.25) is 5.91 Å². The molecule has 0 atom stereocenters. The van der Waals surface area contributed by atoms with E-state index in [1.54, 1.807) is 10.6 Å². The molecule has 0 saturated heterocycles. The number of nitrogens with zero attached hydrogens (tertiary/aromatic N) is 1. The topological polar surface area (TPSA) is 60.3 Å².